The summed E-state index contributed by atoms with van der Waals surface area (Å²) in [4.78, 5) is 12.8. The van der Waals surface area contributed by atoms with E-state index in [1.54, 1.807) is 0 Å². The van der Waals surface area contributed by atoms with Gasteiger partial charge in [0, 0.05) is 18.8 Å². The third-order valence-electron chi connectivity index (χ3n) is 11.7. The lowest BCUT2D eigenvalue weighted by Crippen LogP contribution is -2.32. The van der Waals surface area contributed by atoms with Crippen LogP contribution in [-0.4, -0.2) is 31.2 Å². The molecule has 1 N–H and O–H groups in total. The summed E-state index contributed by atoms with van der Waals surface area (Å²) in [5.74, 6) is 8.16. The Bertz CT molecular complexity index is 1220. The van der Waals surface area contributed by atoms with Crippen molar-refractivity contribution in [3.8, 4) is 11.8 Å². The first-order chi connectivity index (χ1) is 28.9. The van der Waals surface area contributed by atoms with Gasteiger partial charge < -0.3 is 14.2 Å². The molecule has 0 bridgehead atoms. The van der Waals surface area contributed by atoms with E-state index in [0.29, 0.717) is 24.7 Å². The van der Waals surface area contributed by atoms with Crippen LogP contribution in [0.15, 0.2) is 60.9 Å². The number of allylic oxidation sites excluding steroid dienone is 9. The maximum atomic E-state index is 12.8. The van der Waals surface area contributed by atoms with Crippen LogP contribution in [0.2, 0.25) is 0 Å². The zero-order chi connectivity index (χ0) is 42.9. The van der Waals surface area contributed by atoms with Gasteiger partial charge in [0.05, 0.1) is 5.76 Å². The summed E-state index contributed by atoms with van der Waals surface area (Å²) in [6.45, 7) is 13.3. The van der Waals surface area contributed by atoms with Gasteiger partial charge in [-0.3, -0.25) is 10.2 Å². The Kier molecular flexibility index (Phi) is 37.0. The Labute approximate surface area is 365 Å². The predicted molar refractivity (Wildman–Crippen MR) is 255 cm³/mol. The third kappa shape index (κ3) is 33.4. The Hall–Kier alpha value is -3.00. The van der Waals surface area contributed by atoms with Crippen LogP contribution in [0.3, 0.4) is 0 Å². The van der Waals surface area contributed by atoms with Crippen LogP contribution < -0.4 is 0 Å². The second-order valence-corrected chi connectivity index (χ2v) is 17.2. The first-order valence-electron chi connectivity index (χ1n) is 24.6. The molecule has 4 unspecified atom stereocenters. The highest BCUT2D eigenvalue weighted by Crippen LogP contribution is 2.39. The van der Waals surface area contributed by atoms with E-state index in [1.807, 2.05) is 13.0 Å². The molecule has 1 rings (SSSR count). The highest BCUT2D eigenvalue weighted by molar-refractivity contribution is 5.72. The van der Waals surface area contributed by atoms with Gasteiger partial charge in [-0.2, -0.15) is 0 Å². The molecule has 1 aliphatic carbocycles. The van der Waals surface area contributed by atoms with Crippen LogP contribution in [0.4, 0.5) is 0 Å². The molecule has 0 spiro atoms. The average molecular weight is 818 g/mol. The fourth-order valence-electron chi connectivity index (χ4n) is 7.98. The van der Waals surface area contributed by atoms with Gasteiger partial charge in [0.2, 0.25) is 0 Å². The standard InChI is InChI=1S/C54H91NO4/c1-6-9-12-15-17-19-21-23-25-27-29-31-33-35-38-41-53(55)57-46-51(59-49(5)52-44-43-50(45-48(52)4)40-37-14-11-8-3)47-58-54(56)42-39-36-34-32-30-28-26-24-22-20-18-16-13-10-7-2/h14,18,20,23-26,37,48,50-52,55H,5-7,9-10,12-13,15-17,19,21-22,27-36,38-47H2,1-4H3. The molecule has 5 nitrogen and oxygen atoms in total. The summed E-state index contributed by atoms with van der Waals surface area (Å²) in [6.07, 6.45) is 52.0. The van der Waals surface area contributed by atoms with E-state index in [-0.39, 0.29) is 31.0 Å². The number of nitrogens with one attached hydrogen (secondary N) is 1. The van der Waals surface area contributed by atoms with E-state index < -0.39 is 6.10 Å². The second-order valence-electron chi connectivity index (χ2n) is 17.2. The number of hydrogen-bond acceptors (Lipinski definition) is 5. The van der Waals surface area contributed by atoms with Crippen molar-refractivity contribution in [3.63, 3.8) is 0 Å². The molecular formula is C54H91NO4. The molecule has 0 heterocycles. The molecule has 0 amide bonds. The van der Waals surface area contributed by atoms with Crippen molar-refractivity contribution in [2.75, 3.05) is 13.2 Å². The molecule has 1 fully saturated rings. The minimum Gasteiger partial charge on any atom is -0.488 e. The van der Waals surface area contributed by atoms with Crippen LogP contribution in [0, 0.1) is 35.0 Å². The maximum Gasteiger partial charge on any atom is 0.305 e. The van der Waals surface area contributed by atoms with Crippen LogP contribution in [-0.2, 0) is 19.0 Å². The monoisotopic (exact) mass is 818 g/mol. The number of unbranched alkanes of at least 4 members (excludes halogenated alkanes) is 19. The minimum atomic E-state index is -0.481. The molecule has 1 aliphatic rings. The summed E-state index contributed by atoms with van der Waals surface area (Å²) in [5, 5.41) is 8.49. The molecule has 4 atom stereocenters. The highest BCUT2D eigenvalue weighted by Gasteiger charge is 2.31. The summed E-state index contributed by atoms with van der Waals surface area (Å²) in [5.41, 5.74) is 0. The maximum absolute atomic E-state index is 12.8. The normalized spacial score (nSPS) is 17.5. The first-order valence-corrected chi connectivity index (χ1v) is 24.6. The quantitative estimate of drug-likeness (QED) is 0.0128. The Balaban J connectivity index is 2.41. The number of carbonyl (C=O) groups is 1. The fraction of sp³-hybridized carbons (Fsp3) is 0.741. The molecule has 5 heteroatoms. The Morgan fingerprint density at radius 3 is 1.78 bits per heavy atom. The predicted octanol–water partition coefficient (Wildman–Crippen LogP) is 16.3. The van der Waals surface area contributed by atoms with Gasteiger partial charge in [-0.25, -0.2) is 0 Å². The first kappa shape index (κ1) is 54.0. The molecule has 336 valence electrons. The summed E-state index contributed by atoms with van der Waals surface area (Å²) < 4.78 is 18.1. The molecule has 59 heavy (non-hydrogen) atoms. The largest absolute Gasteiger partial charge is 0.488 e. The Morgan fingerprint density at radius 1 is 0.678 bits per heavy atom. The van der Waals surface area contributed by atoms with Gasteiger partial charge in [0.25, 0.3) is 0 Å². The molecule has 0 aromatic rings. The number of ether oxygens (including phenoxy) is 3. The SMILES string of the molecule is C=C(OC(COC(=N)CCCCCCCC=CCCCCCCCC)COC(=O)CCCCCCCC=CCC=CCCCCC)C1CCC(CC=CC#CC)CC1C. The molecule has 1 saturated carbocycles. The van der Waals surface area contributed by atoms with E-state index in [2.05, 4.69) is 81.7 Å². The van der Waals surface area contributed by atoms with Crippen LogP contribution in [0.1, 0.15) is 220 Å². The molecule has 0 aliphatic heterocycles. The zero-order valence-corrected chi connectivity index (χ0v) is 38.9. The van der Waals surface area contributed by atoms with Gasteiger partial charge in [-0.15, -0.1) is 5.92 Å². The molecule has 0 aromatic carbocycles. The van der Waals surface area contributed by atoms with E-state index >= 15 is 0 Å². The second kappa shape index (κ2) is 40.4. The number of carbonyl (C=O) groups excluding carboxylic acids is 1. The zero-order valence-electron chi connectivity index (χ0n) is 38.9. The molecule has 0 aromatic heterocycles. The molecule has 0 saturated heterocycles. The topological polar surface area (TPSA) is 68.6 Å². The summed E-state index contributed by atoms with van der Waals surface area (Å²) >= 11 is 0. The van der Waals surface area contributed by atoms with Gasteiger partial charge in [0.15, 0.2) is 12.0 Å². The molecular weight excluding hydrogens is 727 g/mol. The summed E-state index contributed by atoms with van der Waals surface area (Å²) in [6, 6.07) is 0. The van der Waals surface area contributed by atoms with Crippen LogP contribution in [0.25, 0.3) is 0 Å². The van der Waals surface area contributed by atoms with Gasteiger partial charge in [0.1, 0.15) is 13.2 Å². The lowest BCUT2D eigenvalue weighted by molar-refractivity contribution is -0.148. The molecule has 0 radical (unpaired) electrons. The van der Waals surface area contributed by atoms with Crippen LogP contribution >= 0.6 is 0 Å². The van der Waals surface area contributed by atoms with Crippen molar-refractivity contribution in [1.29, 1.82) is 5.41 Å². The number of hydrogen-bond donors (Lipinski definition) is 1. The van der Waals surface area contributed by atoms with Crippen molar-refractivity contribution >= 4 is 11.9 Å². The van der Waals surface area contributed by atoms with E-state index in [9.17, 15) is 4.79 Å². The highest BCUT2D eigenvalue weighted by atomic mass is 16.6. The van der Waals surface area contributed by atoms with E-state index in [4.69, 9.17) is 19.6 Å². The smallest absolute Gasteiger partial charge is 0.305 e. The van der Waals surface area contributed by atoms with Crippen molar-refractivity contribution in [3.05, 3.63) is 60.9 Å². The average Bonchev–Trinajstić information content (AvgIpc) is 3.23. The summed E-state index contributed by atoms with van der Waals surface area (Å²) in [7, 11) is 0. The lowest BCUT2D eigenvalue weighted by atomic mass is 9.73. The fourth-order valence-corrected chi connectivity index (χ4v) is 7.98. The number of rotatable bonds is 38. The minimum absolute atomic E-state index is 0.117. The van der Waals surface area contributed by atoms with Crippen molar-refractivity contribution in [2.45, 2.75) is 226 Å². The van der Waals surface area contributed by atoms with Crippen molar-refractivity contribution < 1.29 is 19.0 Å². The van der Waals surface area contributed by atoms with Gasteiger partial charge >= 0.3 is 5.97 Å². The van der Waals surface area contributed by atoms with Gasteiger partial charge in [-0.05, 0) is 121 Å². The van der Waals surface area contributed by atoms with Gasteiger partial charge in [-0.1, -0.05) is 159 Å². The van der Waals surface area contributed by atoms with Crippen molar-refractivity contribution in [1.82, 2.24) is 0 Å². The Morgan fingerprint density at radius 2 is 1.19 bits per heavy atom. The number of esters is 1. The third-order valence-corrected chi connectivity index (χ3v) is 11.7. The van der Waals surface area contributed by atoms with Crippen LogP contribution in [0.5, 0.6) is 0 Å². The lowest BCUT2D eigenvalue weighted by Gasteiger charge is -2.35. The van der Waals surface area contributed by atoms with E-state index in [1.165, 1.54) is 109 Å². The van der Waals surface area contributed by atoms with Crippen molar-refractivity contribution in [2.24, 2.45) is 17.8 Å². The van der Waals surface area contributed by atoms with E-state index in [0.717, 1.165) is 76.4 Å².